The van der Waals surface area contributed by atoms with Gasteiger partial charge in [0.05, 0.1) is 23.2 Å². The minimum absolute atomic E-state index is 0.231. The zero-order chi connectivity index (χ0) is 18.2. The molecule has 10 heteroatoms. The second-order valence-corrected chi connectivity index (χ2v) is 6.88. The van der Waals surface area contributed by atoms with Crippen LogP contribution >= 0.6 is 0 Å². The highest BCUT2D eigenvalue weighted by molar-refractivity contribution is 7.92. The molecule has 0 aliphatic rings. The average molecular weight is 352 g/mol. The van der Waals surface area contributed by atoms with Crippen LogP contribution in [0.15, 0.2) is 27.8 Å². The largest absolute Gasteiger partial charge is 0.335 e. The Kier molecular flexibility index (Phi) is 4.31. The van der Waals surface area contributed by atoms with E-state index in [2.05, 4.69) is 4.72 Å². The standard InChI is InChI=1S/C14H13FN4O4S/c1-8-4-13(20)19(14(21)18(8)2)12-6-11(17-24(3,22)23)9(7-16)5-10(12)15/h4-6,17H,1-3H3. The summed E-state index contributed by atoms with van der Waals surface area (Å²) in [5, 5.41) is 9.00. The van der Waals surface area contributed by atoms with Gasteiger partial charge in [-0.15, -0.1) is 0 Å². The van der Waals surface area contributed by atoms with Crippen molar-refractivity contribution in [1.82, 2.24) is 9.13 Å². The lowest BCUT2D eigenvalue weighted by molar-refractivity contribution is 0.602. The molecule has 0 atom stereocenters. The lowest BCUT2D eigenvalue weighted by atomic mass is 10.1. The Morgan fingerprint density at radius 3 is 2.42 bits per heavy atom. The minimum Gasteiger partial charge on any atom is -0.301 e. The van der Waals surface area contributed by atoms with Crippen LogP contribution in [0.5, 0.6) is 0 Å². The first kappa shape index (κ1) is 17.4. The molecule has 0 aliphatic carbocycles. The van der Waals surface area contributed by atoms with Crippen LogP contribution < -0.4 is 16.0 Å². The molecule has 0 saturated carbocycles. The van der Waals surface area contributed by atoms with Crippen LogP contribution in [-0.4, -0.2) is 23.8 Å². The van der Waals surface area contributed by atoms with Crippen molar-refractivity contribution in [2.24, 2.45) is 7.05 Å². The topological polar surface area (TPSA) is 114 Å². The van der Waals surface area contributed by atoms with Gasteiger partial charge < -0.3 is 4.57 Å². The Balaban J connectivity index is 2.85. The average Bonchev–Trinajstić information content (AvgIpc) is 2.46. The fourth-order valence-corrected chi connectivity index (χ4v) is 2.64. The first-order valence-electron chi connectivity index (χ1n) is 6.56. The second kappa shape index (κ2) is 5.93. The molecule has 0 unspecified atom stereocenters. The van der Waals surface area contributed by atoms with E-state index in [9.17, 15) is 22.4 Å². The molecule has 1 aromatic heterocycles. The van der Waals surface area contributed by atoms with Crippen LogP contribution in [0.25, 0.3) is 5.69 Å². The van der Waals surface area contributed by atoms with Crippen LogP contribution in [0, 0.1) is 24.1 Å². The van der Waals surface area contributed by atoms with Gasteiger partial charge in [0.25, 0.3) is 5.56 Å². The van der Waals surface area contributed by atoms with Gasteiger partial charge in [0.2, 0.25) is 10.0 Å². The predicted molar refractivity (Wildman–Crippen MR) is 85.2 cm³/mol. The summed E-state index contributed by atoms with van der Waals surface area (Å²) >= 11 is 0. The molecule has 0 radical (unpaired) electrons. The number of benzene rings is 1. The molecule has 24 heavy (non-hydrogen) atoms. The van der Waals surface area contributed by atoms with E-state index in [0.29, 0.717) is 10.3 Å². The van der Waals surface area contributed by atoms with E-state index in [4.69, 9.17) is 5.26 Å². The van der Waals surface area contributed by atoms with Gasteiger partial charge in [-0.2, -0.15) is 5.26 Å². The molecule has 1 aromatic carbocycles. The molecule has 1 heterocycles. The molecule has 0 aliphatic heterocycles. The Bertz CT molecular complexity index is 1090. The van der Waals surface area contributed by atoms with E-state index in [0.717, 1.165) is 29.0 Å². The van der Waals surface area contributed by atoms with Crippen LogP contribution in [0.1, 0.15) is 11.3 Å². The van der Waals surface area contributed by atoms with Crippen molar-refractivity contribution in [3.05, 3.63) is 56.1 Å². The summed E-state index contributed by atoms with van der Waals surface area (Å²) in [5.74, 6) is -1.01. The molecule has 0 spiro atoms. The monoisotopic (exact) mass is 352 g/mol. The maximum absolute atomic E-state index is 14.3. The van der Waals surface area contributed by atoms with Crippen molar-refractivity contribution in [1.29, 1.82) is 5.26 Å². The summed E-state index contributed by atoms with van der Waals surface area (Å²) in [6.45, 7) is 1.54. The number of halogens is 1. The number of nitrogens with one attached hydrogen (secondary N) is 1. The van der Waals surface area contributed by atoms with Crippen molar-refractivity contribution in [3.8, 4) is 11.8 Å². The van der Waals surface area contributed by atoms with E-state index >= 15 is 0 Å². The Labute approximate surface area is 136 Å². The van der Waals surface area contributed by atoms with E-state index in [-0.39, 0.29) is 11.3 Å². The lowest BCUT2D eigenvalue weighted by Crippen LogP contribution is -2.38. The third-order valence-corrected chi connectivity index (χ3v) is 3.89. The van der Waals surface area contributed by atoms with Crippen molar-refractivity contribution < 1.29 is 12.8 Å². The van der Waals surface area contributed by atoms with Gasteiger partial charge in [-0.05, 0) is 19.1 Å². The summed E-state index contributed by atoms with van der Waals surface area (Å²) in [6.07, 6.45) is 0.855. The predicted octanol–water partition coefficient (Wildman–Crippen LogP) is 0.227. The zero-order valence-corrected chi connectivity index (χ0v) is 13.8. The fourth-order valence-electron chi connectivity index (χ4n) is 2.07. The van der Waals surface area contributed by atoms with Gasteiger partial charge in [-0.25, -0.2) is 22.2 Å². The highest BCUT2D eigenvalue weighted by Crippen LogP contribution is 2.22. The SMILES string of the molecule is Cc1cc(=O)n(-c2cc(NS(C)(=O)=O)c(C#N)cc2F)c(=O)n1C. The molecule has 1 N–H and O–H groups in total. The van der Waals surface area contributed by atoms with Gasteiger partial charge in [0.15, 0.2) is 0 Å². The summed E-state index contributed by atoms with van der Waals surface area (Å²) < 4.78 is 40.8. The van der Waals surface area contributed by atoms with E-state index in [1.54, 1.807) is 13.0 Å². The van der Waals surface area contributed by atoms with Crippen LogP contribution in [0.4, 0.5) is 10.1 Å². The number of nitrogens with zero attached hydrogens (tertiary/aromatic N) is 3. The highest BCUT2D eigenvalue weighted by atomic mass is 32.2. The molecule has 126 valence electrons. The molecule has 2 aromatic rings. The van der Waals surface area contributed by atoms with Crippen molar-refractivity contribution in [2.75, 3.05) is 11.0 Å². The third kappa shape index (κ3) is 3.21. The van der Waals surface area contributed by atoms with Gasteiger partial charge in [0, 0.05) is 18.8 Å². The Morgan fingerprint density at radius 1 is 1.25 bits per heavy atom. The lowest BCUT2D eigenvalue weighted by Gasteiger charge is -2.13. The quantitative estimate of drug-likeness (QED) is 0.849. The minimum atomic E-state index is -3.75. The van der Waals surface area contributed by atoms with Crippen molar-refractivity contribution >= 4 is 15.7 Å². The molecule has 8 nitrogen and oxygen atoms in total. The van der Waals surface area contributed by atoms with E-state index < -0.39 is 32.8 Å². The number of hydrogen-bond acceptors (Lipinski definition) is 5. The van der Waals surface area contributed by atoms with Gasteiger partial charge in [0.1, 0.15) is 11.9 Å². The molecular formula is C14H13FN4O4S. The highest BCUT2D eigenvalue weighted by Gasteiger charge is 2.17. The molecular weight excluding hydrogens is 339 g/mol. The second-order valence-electron chi connectivity index (χ2n) is 5.14. The number of hydrogen-bond donors (Lipinski definition) is 1. The smallest absolute Gasteiger partial charge is 0.301 e. The number of sulfonamides is 1. The van der Waals surface area contributed by atoms with Crippen molar-refractivity contribution in [2.45, 2.75) is 6.92 Å². The van der Waals surface area contributed by atoms with E-state index in [1.807, 2.05) is 0 Å². The first-order chi connectivity index (χ1) is 11.0. The molecule has 0 saturated heterocycles. The van der Waals surface area contributed by atoms with Crippen molar-refractivity contribution in [3.63, 3.8) is 0 Å². The maximum atomic E-state index is 14.3. The molecule has 0 fully saturated rings. The Hall–Kier alpha value is -2.93. The summed E-state index contributed by atoms with van der Waals surface area (Å²) in [7, 11) is -2.34. The third-order valence-electron chi connectivity index (χ3n) is 3.30. The number of nitriles is 1. The number of anilines is 1. The summed E-state index contributed by atoms with van der Waals surface area (Å²) in [6, 6.07) is 4.49. The fraction of sp³-hybridized carbons (Fsp3) is 0.214. The first-order valence-corrected chi connectivity index (χ1v) is 8.46. The number of aryl methyl sites for hydroxylation is 1. The zero-order valence-electron chi connectivity index (χ0n) is 13.0. The van der Waals surface area contributed by atoms with Gasteiger partial charge >= 0.3 is 5.69 Å². The summed E-state index contributed by atoms with van der Waals surface area (Å²) in [4.78, 5) is 24.4. The normalized spacial score (nSPS) is 11.1. The number of aromatic nitrogens is 2. The molecule has 0 amide bonds. The van der Waals surface area contributed by atoms with Gasteiger partial charge in [-0.3, -0.25) is 9.52 Å². The van der Waals surface area contributed by atoms with E-state index in [1.165, 1.54) is 7.05 Å². The Morgan fingerprint density at radius 2 is 1.88 bits per heavy atom. The van der Waals surface area contributed by atoms with Gasteiger partial charge in [-0.1, -0.05) is 0 Å². The summed E-state index contributed by atoms with van der Waals surface area (Å²) in [5.41, 5.74) is -2.15. The number of rotatable bonds is 3. The maximum Gasteiger partial charge on any atom is 0.335 e. The molecule has 2 rings (SSSR count). The van der Waals surface area contributed by atoms with Crippen LogP contribution in [0.2, 0.25) is 0 Å². The van der Waals surface area contributed by atoms with Crippen LogP contribution in [0.3, 0.4) is 0 Å². The van der Waals surface area contributed by atoms with Crippen LogP contribution in [-0.2, 0) is 17.1 Å². The molecule has 0 bridgehead atoms.